The van der Waals surface area contributed by atoms with Crippen LogP contribution in [-0.4, -0.2) is 22.3 Å². The van der Waals surface area contributed by atoms with Gasteiger partial charge in [0.25, 0.3) is 5.91 Å². The fourth-order valence-electron chi connectivity index (χ4n) is 2.39. The topological polar surface area (TPSA) is 56.1 Å². The minimum atomic E-state index is -0.159. The normalized spacial score (nSPS) is 10.4. The van der Waals surface area contributed by atoms with E-state index >= 15 is 0 Å². The highest BCUT2D eigenvalue weighted by molar-refractivity contribution is 6.05. The summed E-state index contributed by atoms with van der Waals surface area (Å²) in [5.41, 5.74) is 2.36. The van der Waals surface area contributed by atoms with Gasteiger partial charge in [-0.05, 0) is 42.8 Å². The van der Waals surface area contributed by atoms with Gasteiger partial charge in [-0.15, -0.1) is 0 Å². The number of carbonyl (C=O) groups is 1. The second-order valence-electron chi connectivity index (χ2n) is 5.28. The van der Waals surface area contributed by atoms with Gasteiger partial charge in [-0.2, -0.15) is 5.10 Å². The molecule has 0 aliphatic carbocycles. The molecule has 1 heterocycles. The lowest BCUT2D eigenvalue weighted by molar-refractivity contribution is 0.102. The molecule has 5 heteroatoms. The number of anilines is 1. The monoisotopic (exact) mass is 321 g/mol. The number of nitrogens with one attached hydrogen (secondary N) is 1. The van der Waals surface area contributed by atoms with Crippen molar-refractivity contribution in [3.8, 4) is 5.75 Å². The molecule has 0 radical (unpaired) electrons. The molecule has 5 nitrogen and oxygen atoms in total. The van der Waals surface area contributed by atoms with Crippen LogP contribution < -0.4 is 10.1 Å². The van der Waals surface area contributed by atoms with Crippen LogP contribution in [0.4, 0.5) is 5.69 Å². The van der Waals surface area contributed by atoms with Gasteiger partial charge in [0, 0.05) is 18.0 Å². The van der Waals surface area contributed by atoms with Gasteiger partial charge in [0.2, 0.25) is 0 Å². The first-order valence-corrected chi connectivity index (χ1v) is 7.86. The van der Waals surface area contributed by atoms with E-state index in [1.807, 2.05) is 72.4 Å². The number of rotatable bonds is 6. The Bertz CT molecular complexity index is 796. The average Bonchev–Trinajstić information content (AvgIpc) is 3.10. The van der Waals surface area contributed by atoms with Crippen molar-refractivity contribution < 1.29 is 9.53 Å². The molecule has 122 valence electrons. The van der Waals surface area contributed by atoms with Gasteiger partial charge < -0.3 is 10.1 Å². The molecule has 0 spiro atoms. The van der Waals surface area contributed by atoms with Crippen molar-refractivity contribution in [3.05, 3.63) is 78.1 Å². The maximum atomic E-state index is 12.4. The predicted molar refractivity (Wildman–Crippen MR) is 93.3 cm³/mol. The molecule has 2 aromatic carbocycles. The first kappa shape index (κ1) is 15.8. The van der Waals surface area contributed by atoms with Crippen LogP contribution >= 0.6 is 0 Å². The Hall–Kier alpha value is -3.08. The molecule has 0 atom stereocenters. The smallest absolute Gasteiger partial charge is 0.255 e. The van der Waals surface area contributed by atoms with Gasteiger partial charge in [0.1, 0.15) is 5.75 Å². The van der Waals surface area contributed by atoms with E-state index in [4.69, 9.17) is 4.74 Å². The van der Waals surface area contributed by atoms with Crippen LogP contribution in [0.5, 0.6) is 5.75 Å². The van der Waals surface area contributed by atoms with Gasteiger partial charge in [-0.3, -0.25) is 9.48 Å². The molecule has 24 heavy (non-hydrogen) atoms. The number of amides is 1. The summed E-state index contributed by atoms with van der Waals surface area (Å²) in [4.78, 5) is 12.4. The summed E-state index contributed by atoms with van der Waals surface area (Å²) >= 11 is 0. The first-order valence-electron chi connectivity index (χ1n) is 7.86. The number of hydrogen-bond donors (Lipinski definition) is 1. The Morgan fingerprint density at radius 3 is 2.62 bits per heavy atom. The molecule has 0 bridgehead atoms. The van der Waals surface area contributed by atoms with Gasteiger partial charge in [0.05, 0.1) is 18.8 Å². The highest BCUT2D eigenvalue weighted by Gasteiger charge is 2.09. The van der Waals surface area contributed by atoms with Crippen LogP contribution in [-0.2, 0) is 6.54 Å². The van der Waals surface area contributed by atoms with E-state index in [9.17, 15) is 4.79 Å². The van der Waals surface area contributed by atoms with Gasteiger partial charge in [0.15, 0.2) is 0 Å². The largest absolute Gasteiger partial charge is 0.492 e. The van der Waals surface area contributed by atoms with Crippen LogP contribution in [0.2, 0.25) is 0 Å². The van der Waals surface area contributed by atoms with E-state index in [2.05, 4.69) is 10.4 Å². The quantitative estimate of drug-likeness (QED) is 0.755. The second kappa shape index (κ2) is 7.46. The van der Waals surface area contributed by atoms with E-state index in [0.717, 1.165) is 5.56 Å². The van der Waals surface area contributed by atoms with Crippen LogP contribution in [0.15, 0.2) is 67.0 Å². The zero-order chi connectivity index (χ0) is 16.8. The number of ether oxygens (including phenoxy) is 1. The third-order valence-corrected chi connectivity index (χ3v) is 3.55. The molecule has 1 N–H and O–H groups in total. The van der Waals surface area contributed by atoms with Crippen molar-refractivity contribution in [1.82, 2.24) is 9.78 Å². The summed E-state index contributed by atoms with van der Waals surface area (Å²) in [6, 6.07) is 16.8. The summed E-state index contributed by atoms with van der Waals surface area (Å²) in [6.45, 7) is 3.15. The Morgan fingerprint density at radius 2 is 1.92 bits per heavy atom. The molecule has 3 aromatic rings. The number of aromatic nitrogens is 2. The molecule has 1 amide bonds. The van der Waals surface area contributed by atoms with E-state index in [0.29, 0.717) is 30.2 Å². The van der Waals surface area contributed by atoms with Crippen molar-refractivity contribution in [2.45, 2.75) is 13.5 Å². The molecule has 0 saturated carbocycles. The van der Waals surface area contributed by atoms with Crippen molar-refractivity contribution >= 4 is 11.6 Å². The summed E-state index contributed by atoms with van der Waals surface area (Å²) in [6.07, 6.45) is 3.66. The maximum absolute atomic E-state index is 12.4. The maximum Gasteiger partial charge on any atom is 0.255 e. The lowest BCUT2D eigenvalue weighted by Crippen LogP contribution is -2.13. The van der Waals surface area contributed by atoms with Crippen molar-refractivity contribution in [2.75, 3.05) is 11.9 Å². The minimum absolute atomic E-state index is 0.159. The van der Waals surface area contributed by atoms with E-state index in [1.165, 1.54) is 0 Å². The summed E-state index contributed by atoms with van der Waals surface area (Å²) in [5, 5.41) is 7.07. The standard InChI is InChI=1S/C19H19N3O2/c1-2-24-18-7-4-3-6-17(18)21-19(23)16-10-8-15(9-11-16)14-22-13-5-12-20-22/h3-13H,2,14H2,1H3,(H,21,23). The molecule has 3 rings (SSSR count). The predicted octanol–water partition coefficient (Wildman–Crippen LogP) is 3.58. The summed E-state index contributed by atoms with van der Waals surface area (Å²) < 4.78 is 7.37. The molecule has 0 aliphatic heterocycles. The molecule has 0 saturated heterocycles. The molecule has 0 unspecified atom stereocenters. The SMILES string of the molecule is CCOc1ccccc1NC(=O)c1ccc(Cn2cccn2)cc1. The van der Waals surface area contributed by atoms with Gasteiger partial charge in [-0.1, -0.05) is 24.3 Å². The van der Waals surface area contributed by atoms with E-state index in [-0.39, 0.29) is 5.91 Å². The highest BCUT2D eigenvalue weighted by Crippen LogP contribution is 2.24. The Labute approximate surface area is 140 Å². The van der Waals surface area contributed by atoms with Crippen LogP contribution in [0.25, 0.3) is 0 Å². The van der Waals surface area contributed by atoms with Crippen LogP contribution in [0.1, 0.15) is 22.8 Å². The van der Waals surface area contributed by atoms with E-state index in [1.54, 1.807) is 6.20 Å². The highest BCUT2D eigenvalue weighted by atomic mass is 16.5. The number of benzene rings is 2. The lowest BCUT2D eigenvalue weighted by Gasteiger charge is -2.11. The fraction of sp³-hybridized carbons (Fsp3) is 0.158. The third kappa shape index (κ3) is 3.81. The second-order valence-corrected chi connectivity index (χ2v) is 5.28. The van der Waals surface area contributed by atoms with E-state index < -0.39 is 0 Å². The molecule has 0 fully saturated rings. The average molecular weight is 321 g/mol. The van der Waals surface area contributed by atoms with Crippen LogP contribution in [0, 0.1) is 0 Å². The lowest BCUT2D eigenvalue weighted by atomic mass is 10.1. The Kier molecular flexibility index (Phi) is 4.91. The van der Waals surface area contributed by atoms with Gasteiger partial charge in [-0.25, -0.2) is 0 Å². The van der Waals surface area contributed by atoms with Crippen LogP contribution in [0.3, 0.4) is 0 Å². The fourth-order valence-corrected chi connectivity index (χ4v) is 2.39. The number of carbonyl (C=O) groups excluding carboxylic acids is 1. The number of para-hydroxylation sites is 2. The van der Waals surface area contributed by atoms with Crippen molar-refractivity contribution in [3.63, 3.8) is 0 Å². The Morgan fingerprint density at radius 1 is 1.12 bits per heavy atom. The zero-order valence-corrected chi connectivity index (χ0v) is 13.5. The number of nitrogens with zero attached hydrogens (tertiary/aromatic N) is 2. The first-order chi connectivity index (χ1) is 11.8. The molecular weight excluding hydrogens is 302 g/mol. The summed E-state index contributed by atoms with van der Waals surface area (Å²) in [7, 11) is 0. The number of hydrogen-bond acceptors (Lipinski definition) is 3. The Balaban J connectivity index is 1.69. The molecule has 0 aliphatic rings. The van der Waals surface area contributed by atoms with Crippen molar-refractivity contribution in [1.29, 1.82) is 0 Å². The molecular formula is C19H19N3O2. The zero-order valence-electron chi connectivity index (χ0n) is 13.5. The minimum Gasteiger partial charge on any atom is -0.492 e. The molecule has 1 aromatic heterocycles. The third-order valence-electron chi connectivity index (χ3n) is 3.55. The summed E-state index contributed by atoms with van der Waals surface area (Å²) in [5.74, 6) is 0.511. The van der Waals surface area contributed by atoms with Crippen molar-refractivity contribution in [2.24, 2.45) is 0 Å². The van der Waals surface area contributed by atoms with Gasteiger partial charge >= 0.3 is 0 Å².